The standard InChI is InChI=1S/C15H13ClN2S.C8H10ClN.C7H4BrNS.C7H5N3OS.C7H5NOS.C7H6O2S.2CH4.Br3OP/c16-12-3-1-11(2-4-12)5-8-17-15-13-7-10-19-14(13)6-9-18-15;9-8-3-1-7(2-4-8)5-6-10;8-7-5-2-4-10-6(5)1-3-9-7;8-10-9-7(11)4-3-6-2-1-5-12-6;9-7-5-2-4-10-6(5)1-3-8-7;8-7(9)4-3-6-2-1-5-10-6;;;1-5(2,3)4/h1-4,6-7,9-10H,5,8H2,(H,17,18);1-4H,5-6,10H2;1-4H;1-5H;1-4H,(H,8,9);1-5H,(H,8,9);2*1H4;/b;;;4-3+;;4-3+;;;. The van der Waals surface area contributed by atoms with Crippen molar-refractivity contribution in [3.8, 4) is 0 Å². The van der Waals surface area contributed by atoms with Crippen LogP contribution >= 0.6 is 146 Å². The second kappa shape index (κ2) is 38.9. The first kappa shape index (κ1) is 69.5. The first-order chi connectivity index (χ1) is 36.5. The lowest BCUT2D eigenvalue weighted by Crippen LogP contribution is -2.06. The van der Waals surface area contributed by atoms with Gasteiger partial charge in [0.15, 0.2) is 0 Å². The van der Waals surface area contributed by atoms with Gasteiger partial charge in [-0.25, -0.2) is 14.8 Å². The number of azide groups is 1. The first-order valence-electron chi connectivity index (χ1n) is 21.7. The van der Waals surface area contributed by atoms with Crippen LogP contribution in [0.2, 0.25) is 10.0 Å². The number of aromatic amines is 1. The molecule has 0 unspecified atom stereocenters. The number of pyridine rings is 3. The van der Waals surface area contributed by atoms with E-state index in [-0.39, 0.29) is 20.4 Å². The van der Waals surface area contributed by atoms with E-state index in [0.29, 0.717) is 6.54 Å². The predicted octanol–water partition coefficient (Wildman–Crippen LogP) is 20.1. The fourth-order valence-corrected chi connectivity index (χ4v) is 10.2. The maximum Gasteiger partial charge on any atom is 0.328 e. The number of carboxylic acids is 1. The zero-order chi connectivity index (χ0) is 55.1. The molecular formula is C53H51Br4Cl2N8O5PS5. The zero-order valence-corrected chi connectivity index (χ0v) is 52.1. The number of hydrogen-bond acceptors (Lipinski definition) is 13. The van der Waals surface area contributed by atoms with Crippen LogP contribution in [0.4, 0.5) is 5.82 Å². The number of nitrogens with one attached hydrogen (secondary N) is 2. The van der Waals surface area contributed by atoms with Gasteiger partial charge in [0.1, 0.15) is 10.4 Å². The van der Waals surface area contributed by atoms with E-state index in [1.54, 1.807) is 52.4 Å². The number of carbonyl (C=O) groups is 2. The van der Waals surface area contributed by atoms with E-state index in [4.69, 9.17) is 39.6 Å². The number of halogens is 6. The number of hydrogen-bond donors (Lipinski definition) is 4. The average molecular weight is 1460 g/mol. The lowest BCUT2D eigenvalue weighted by Gasteiger charge is -2.06. The number of nitrogens with two attached hydrogens (primary N) is 1. The molecule has 8 heterocycles. The van der Waals surface area contributed by atoms with Gasteiger partial charge in [0.05, 0.1) is 5.39 Å². The van der Waals surface area contributed by atoms with Gasteiger partial charge in [0, 0.05) is 127 Å². The maximum atomic E-state index is 11.0. The fraction of sp³-hybridized carbons (Fsp3) is 0.113. The summed E-state index contributed by atoms with van der Waals surface area (Å²) in [5.41, 5.74) is 15.8. The van der Waals surface area contributed by atoms with Crippen LogP contribution < -0.4 is 16.6 Å². The van der Waals surface area contributed by atoms with E-state index >= 15 is 0 Å². The highest BCUT2D eigenvalue weighted by Crippen LogP contribution is 2.68. The molecule has 0 bridgehead atoms. The van der Waals surface area contributed by atoms with Crippen LogP contribution in [-0.2, 0) is 27.0 Å². The molecule has 10 rings (SSSR count). The number of carbonyl (C=O) groups excluding carboxylic acids is 1. The molecule has 25 heteroatoms. The van der Waals surface area contributed by atoms with Crippen LogP contribution in [0.5, 0.6) is 0 Å². The van der Waals surface area contributed by atoms with Crippen LogP contribution in [0.3, 0.4) is 0 Å². The minimum Gasteiger partial charge on any atom is -0.478 e. The van der Waals surface area contributed by atoms with Crippen LogP contribution in [-0.4, -0.2) is 45.0 Å². The first-order valence-corrected chi connectivity index (χ1v) is 35.5. The Morgan fingerprint density at radius 2 is 1.19 bits per heavy atom. The smallest absolute Gasteiger partial charge is 0.328 e. The van der Waals surface area contributed by atoms with Crippen LogP contribution in [0.1, 0.15) is 35.7 Å². The quantitative estimate of drug-likeness (QED) is 0.0255. The van der Waals surface area contributed by atoms with E-state index in [2.05, 4.69) is 128 Å². The molecule has 2 aromatic carbocycles. The van der Waals surface area contributed by atoms with Crippen molar-refractivity contribution < 1.29 is 19.3 Å². The Labute approximate surface area is 514 Å². The third-order valence-electron chi connectivity index (χ3n) is 9.08. The molecule has 0 spiro atoms. The number of nitrogens with zero attached hydrogens (tertiary/aromatic N) is 5. The Kier molecular flexibility index (Phi) is 34.7. The number of benzene rings is 2. The number of fused-ring (bicyclic) bond motifs is 3. The van der Waals surface area contributed by atoms with Gasteiger partial charge in [-0.15, -0.1) is 56.7 Å². The van der Waals surface area contributed by atoms with Gasteiger partial charge in [0.2, 0.25) is 5.91 Å². The van der Waals surface area contributed by atoms with E-state index in [1.165, 1.54) is 60.0 Å². The molecule has 78 heavy (non-hydrogen) atoms. The molecule has 0 aliphatic rings. The summed E-state index contributed by atoms with van der Waals surface area (Å²) in [5, 5.41) is 29.1. The number of anilines is 1. The summed E-state index contributed by atoms with van der Waals surface area (Å²) in [5.74, 6) is -0.521. The van der Waals surface area contributed by atoms with E-state index < -0.39 is 15.1 Å². The summed E-state index contributed by atoms with van der Waals surface area (Å²) in [6.45, 7) is 1.56. The lowest BCUT2D eigenvalue weighted by atomic mass is 10.1. The minimum absolute atomic E-state index is 0. The zero-order valence-electron chi connectivity index (χ0n) is 39.3. The number of rotatable bonds is 10. The third-order valence-corrected chi connectivity index (χ3v) is 14.5. The second-order valence-electron chi connectivity index (χ2n) is 14.4. The highest BCUT2D eigenvalue weighted by atomic mass is 80.0. The van der Waals surface area contributed by atoms with Gasteiger partial charge in [-0.2, -0.15) is 0 Å². The van der Waals surface area contributed by atoms with E-state index in [0.717, 1.165) is 65.8 Å². The van der Waals surface area contributed by atoms with Crippen molar-refractivity contribution in [3.63, 3.8) is 0 Å². The highest BCUT2D eigenvalue weighted by Gasteiger charge is 2.04. The predicted molar refractivity (Wildman–Crippen MR) is 354 cm³/mol. The lowest BCUT2D eigenvalue weighted by molar-refractivity contribution is -0.131. The molecule has 0 saturated carbocycles. The van der Waals surface area contributed by atoms with Gasteiger partial charge in [-0.3, -0.25) is 14.2 Å². The average Bonchev–Trinajstić information content (AvgIpc) is 4.26. The molecular weight excluding hydrogens is 1410 g/mol. The fourth-order valence-electron chi connectivity index (χ4n) is 5.75. The van der Waals surface area contributed by atoms with Crippen molar-refractivity contribution in [1.29, 1.82) is 0 Å². The molecule has 0 radical (unpaired) electrons. The number of amides is 1. The summed E-state index contributed by atoms with van der Waals surface area (Å²) < 4.78 is 12.3. The van der Waals surface area contributed by atoms with Crippen molar-refractivity contribution in [2.75, 3.05) is 18.4 Å². The number of H-pyrrole nitrogens is 1. The molecule has 1 amide bonds. The molecule has 10 aromatic rings. The SMILES string of the molecule is Brc1nccc2sccc12.C.C.Clc1ccc(CCNc2nccc3sccc23)cc1.NCCc1ccc(Cl)cc1.O=C(O)/C=C/c1cccs1.O=P(Br)(Br)Br.O=c1[nH]ccc2sccc12.[N-]=[N+]=NC(=O)/C=C/c1cccs1. The van der Waals surface area contributed by atoms with Gasteiger partial charge in [-0.1, -0.05) is 74.5 Å². The molecule has 0 fully saturated rings. The summed E-state index contributed by atoms with van der Waals surface area (Å²) in [6.07, 6.45) is 12.8. The maximum absolute atomic E-state index is 11.0. The number of aliphatic carboxylic acids is 1. The van der Waals surface area contributed by atoms with Crippen LogP contribution in [0.25, 0.3) is 52.9 Å². The van der Waals surface area contributed by atoms with Gasteiger partial charge in [0.25, 0.3) is 8.81 Å². The number of thiophene rings is 5. The molecule has 0 atom stereocenters. The minimum atomic E-state index is -2.20. The summed E-state index contributed by atoms with van der Waals surface area (Å²) in [4.78, 5) is 47.0. The largest absolute Gasteiger partial charge is 0.478 e. The molecule has 0 aliphatic heterocycles. The Morgan fingerprint density at radius 1 is 0.705 bits per heavy atom. The van der Waals surface area contributed by atoms with Gasteiger partial charge in [-0.05, 0) is 175 Å². The normalized spacial score (nSPS) is 10.1. The monoisotopic (exact) mass is 1460 g/mol. The van der Waals surface area contributed by atoms with Gasteiger partial charge < -0.3 is 21.1 Å². The molecule has 0 saturated heterocycles. The molecule has 0 aliphatic carbocycles. The molecule has 410 valence electrons. The van der Waals surface area contributed by atoms with Crippen LogP contribution in [0.15, 0.2) is 181 Å². The third kappa shape index (κ3) is 28.5. The summed E-state index contributed by atoms with van der Waals surface area (Å²) >= 11 is 31.3. The molecule has 8 aromatic heterocycles. The molecule has 13 nitrogen and oxygen atoms in total. The van der Waals surface area contributed by atoms with Crippen molar-refractivity contribution in [2.45, 2.75) is 27.7 Å². The molecule has 5 N–H and O–H groups in total. The summed E-state index contributed by atoms with van der Waals surface area (Å²) in [6, 6.07) is 35.2. The van der Waals surface area contributed by atoms with Crippen molar-refractivity contribution >= 4 is 206 Å². The van der Waals surface area contributed by atoms with Crippen molar-refractivity contribution in [1.82, 2.24) is 15.0 Å². The Balaban J connectivity index is 0.000000319. The van der Waals surface area contributed by atoms with E-state index in [1.807, 2.05) is 113 Å². The Bertz CT molecular complexity index is 3530. The second-order valence-corrected chi connectivity index (χ2v) is 39.1. The van der Waals surface area contributed by atoms with Crippen molar-refractivity contribution in [3.05, 3.63) is 223 Å². The Hall–Kier alpha value is -4.61. The van der Waals surface area contributed by atoms with Crippen LogP contribution in [0, 0.1) is 0 Å². The summed E-state index contributed by atoms with van der Waals surface area (Å²) in [7, 11) is 0. The van der Waals surface area contributed by atoms with Gasteiger partial charge >= 0.3 is 5.97 Å². The highest BCUT2D eigenvalue weighted by molar-refractivity contribution is 9.94. The topological polar surface area (TPSA) is 217 Å². The number of carboxylic acid groups (broad SMARTS) is 1. The van der Waals surface area contributed by atoms with Crippen molar-refractivity contribution in [2.24, 2.45) is 10.8 Å². The van der Waals surface area contributed by atoms with E-state index in [9.17, 15) is 18.9 Å². The Morgan fingerprint density at radius 3 is 1.68 bits per heavy atom. The number of aromatic nitrogens is 3.